The van der Waals surface area contributed by atoms with E-state index in [0.29, 0.717) is 31.7 Å². The molecule has 3 rings (SSSR count). The van der Waals surface area contributed by atoms with Gasteiger partial charge in [0.15, 0.2) is 0 Å². The highest BCUT2D eigenvalue weighted by Gasteiger charge is 2.45. The van der Waals surface area contributed by atoms with Gasteiger partial charge in [-0.1, -0.05) is 12.8 Å². The number of hydrogen-bond acceptors (Lipinski definition) is 5. The molecule has 1 amide bonds. The number of pyridine rings is 1. The molecule has 1 heterocycles. The Morgan fingerprint density at radius 3 is 2.62 bits per heavy atom. The second-order valence-electron chi connectivity index (χ2n) is 7.22. The summed E-state index contributed by atoms with van der Waals surface area (Å²) in [7, 11) is 0. The third kappa shape index (κ3) is 4.05. The van der Waals surface area contributed by atoms with E-state index in [-0.39, 0.29) is 11.8 Å². The van der Waals surface area contributed by atoms with E-state index in [0.717, 1.165) is 25.7 Å². The molecule has 6 heteroatoms. The van der Waals surface area contributed by atoms with Crippen LogP contribution in [0.3, 0.4) is 0 Å². The maximum absolute atomic E-state index is 12.3. The summed E-state index contributed by atoms with van der Waals surface area (Å²) in [5, 5.41) is 23.0. The first-order valence-corrected chi connectivity index (χ1v) is 8.75. The van der Waals surface area contributed by atoms with Crippen LogP contribution >= 0.6 is 0 Å². The van der Waals surface area contributed by atoms with Crippen LogP contribution < -0.4 is 10.1 Å². The molecule has 0 radical (unpaired) electrons. The highest BCUT2D eigenvalue weighted by atomic mass is 16.5. The Morgan fingerprint density at radius 2 is 2.00 bits per heavy atom. The fraction of sp³-hybridized carbons (Fsp3) is 0.667. The van der Waals surface area contributed by atoms with Crippen LogP contribution in [0.15, 0.2) is 24.5 Å². The highest BCUT2D eigenvalue weighted by Crippen LogP contribution is 2.39. The van der Waals surface area contributed by atoms with Crippen molar-refractivity contribution in [3.05, 3.63) is 24.5 Å². The Morgan fingerprint density at radius 1 is 1.29 bits per heavy atom. The SMILES string of the molecule is O=C(NCC1(COc2cccnc2)C[C@@H](O)[C@@H](O)C1)C1CCCC1. The van der Waals surface area contributed by atoms with E-state index in [9.17, 15) is 15.0 Å². The lowest BCUT2D eigenvalue weighted by atomic mass is 9.86. The number of hydrogen-bond donors (Lipinski definition) is 3. The Bertz CT molecular complexity index is 535. The van der Waals surface area contributed by atoms with Crippen molar-refractivity contribution in [3.63, 3.8) is 0 Å². The summed E-state index contributed by atoms with van der Waals surface area (Å²) in [5.74, 6) is 0.844. The van der Waals surface area contributed by atoms with Gasteiger partial charge in [0.25, 0.3) is 0 Å². The van der Waals surface area contributed by atoms with Gasteiger partial charge in [0.05, 0.1) is 25.0 Å². The highest BCUT2D eigenvalue weighted by molar-refractivity contribution is 5.78. The molecular formula is C18H26N2O4. The van der Waals surface area contributed by atoms with Crippen LogP contribution in [-0.2, 0) is 4.79 Å². The largest absolute Gasteiger partial charge is 0.491 e. The summed E-state index contributed by atoms with van der Waals surface area (Å²) in [6.45, 7) is 0.745. The lowest BCUT2D eigenvalue weighted by molar-refractivity contribution is -0.125. The zero-order valence-electron chi connectivity index (χ0n) is 13.9. The number of carbonyl (C=O) groups is 1. The molecule has 6 nitrogen and oxygen atoms in total. The molecule has 0 aromatic carbocycles. The number of nitrogens with zero attached hydrogens (tertiary/aromatic N) is 1. The predicted octanol–water partition coefficient (Wildman–Crippen LogP) is 1.27. The predicted molar refractivity (Wildman–Crippen MR) is 88.4 cm³/mol. The molecule has 0 aliphatic heterocycles. The minimum absolute atomic E-state index is 0.0872. The maximum atomic E-state index is 12.3. The van der Waals surface area contributed by atoms with Gasteiger partial charge < -0.3 is 20.3 Å². The Hall–Kier alpha value is -1.66. The van der Waals surface area contributed by atoms with E-state index in [1.54, 1.807) is 18.5 Å². The molecule has 1 aromatic heterocycles. The summed E-state index contributed by atoms with van der Waals surface area (Å²) in [6, 6.07) is 3.61. The fourth-order valence-electron chi connectivity index (χ4n) is 3.83. The minimum atomic E-state index is -0.772. The number of carbonyl (C=O) groups excluding carboxylic acids is 1. The van der Waals surface area contributed by atoms with Gasteiger partial charge in [0, 0.05) is 24.1 Å². The average Bonchev–Trinajstić information content (AvgIpc) is 3.22. The minimum Gasteiger partial charge on any atom is -0.491 e. The molecule has 2 aliphatic carbocycles. The van der Waals surface area contributed by atoms with Crippen molar-refractivity contribution >= 4 is 5.91 Å². The summed E-state index contributed by atoms with van der Waals surface area (Å²) in [4.78, 5) is 16.3. The lowest BCUT2D eigenvalue weighted by Crippen LogP contribution is -2.42. The number of rotatable bonds is 6. The van der Waals surface area contributed by atoms with Crippen LogP contribution in [-0.4, -0.2) is 46.5 Å². The first-order chi connectivity index (χ1) is 11.6. The topological polar surface area (TPSA) is 91.7 Å². The van der Waals surface area contributed by atoms with Gasteiger partial charge in [0.1, 0.15) is 5.75 Å². The third-order valence-electron chi connectivity index (χ3n) is 5.27. The van der Waals surface area contributed by atoms with E-state index in [1.165, 1.54) is 0 Å². The molecule has 3 atom stereocenters. The molecule has 1 aromatic rings. The van der Waals surface area contributed by atoms with Gasteiger partial charge >= 0.3 is 0 Å². The average molecular weight is 334 g/mol. The summed E-state index contributed by atoms with van der Waals surface area (Å²) >= 11 is 0. The van der Waals surface area contributed by atoms with Crippen molar-refractivity contribution in [3.8, 4) is 5.75 Å². The van der Waals surface area contributed by atoms with Crippen LogP contribution in [0.2, 0.25) is 0 Å². The van der Waals surface area contributed by atoms with Crippen molar-refractivity contribution in [2.45, 2.75) is 50.7 Å². The lowest BCUT2D eigenvalue weighted by Gasteiger charge is -2.29. The smallest absolute Gasteiger partial charge is 0.223 e. The van der Waals surface area contributed by atoms with Crippen molar-refractivity contribution < 1.29 is 19.7 Å². The third-order valence-corrected chi connectivity index (χ3v) is 5.27. The normalized spacial score (nSPS) is 30.4. The van der Waals surface area contributed by atoms with E-state index < -0.39 is 17.6 Å². The van der Waals surface area contributed by atoms with Crippen LogP contribution in [0.4, 0.5) is 0 Å². The second kappa shape index (κ2) is 7.49. The first-order valence-electron chi connectivity index (χ1n) is 8.75. The molecule has 0 bridgehead atoms. The number of amides is 1. The van der Waals surface area contributed by atoms with Crippen LogP contribution in [0.5, 0.6) is 5.75 Å². The molecule has 2 aliphatic rings. The molecule has 2 fully saturated rings. The zero-order chi connectivity index (χ0) is 17.0. The van der Waals surface area contributed by atoms with Gasteiger partial charge in [-0.15, -0.1) is 0 Å². The van der Waals surface area contributed by atoms with Crippen LogP contribution in [0.25, 0.3) is 0 Å². The summed E-state index contributed by atoms with van der Waals surface area (Å²) in [5.41, 5.74) is -0.455. The zero-order valence-corrected chi connectivity index (χ0v) is 13.9. The van der Waals surface area contributed by atoms with E-state index in [2.05, 4.69) is 10.3 Å². The number of nitrogens with one attached hydrogen (secondary N) is 1. The molecule has 0 saturated heterocycles. The second-order valence-corrected chi connectivity index (χ2v) is 7.22. The summed E-state index contributed by atoms with van der Waals surface area (Å²) < 4.78 is 5.81. The van der Waals surface area contributed by atoms with E-state index in [1.807, 2.05) is 6.07 Å². The molecule has 0 spiro atoms. The monoisotopic (exact) mass is 334 g/mol. The Balaban J connectivity index is 1.61. The Kier molecular flexibility index (Phi) is 5.36. The quantitative estimate of drug-likeness (QED) is 0.729. The number of aliphatic hydroxyl groups excluding tert-OH is 2. The van der Waals surface area contributed by atoms with Gasteiger partial charge in [-0.25, -0.2) is 0 Å². The molecule has 3 N–H and O–H groups in total. The van der Waals surface area contributed by atoms with Crippen molar-refractivity contribution in [1.82, 2.24) is 10.3 Å². The number of aliphatic hydroxyl groups is 2. The molecule has 2 saturated carbocycles. The number of ether oxygens (including phenoxy) is 1. The van der Waals surface area contributed by atoms with Crippen molar-refractivity contribution in [1.29, 1.82) is 0 Å². The first kappa shape index (κ1) is 17.2. The maximum Gasteiger partial charge on any atom is 0.223 e. The van der Waals surface area contributed by atoms with E-state index >= 15 is 0 Å². The summed E-state index contributed by atoms with van der Waals surface area (Å²) in [6.07, 6.45) is 6.73. The van der Waals surface area contributed by atoms with Gasteiger partial charge in [-0.05, 0) is 37.8 Å². The molecular weight excluding hydrogens is 308 g/mol. The van der Waals surface area contributed by atoms with Crippen LogP contribution in [0, 0.1) is 11.3 Å². The number of aromatic nitrogens is 1. The van der Waals surface area contributed by atoms with Crippen LogP contribution in [0.1, 0.15) is 38.5 Å². The van der Waals surface area contributed by atoms with Gasteiger partial charge in [-0.3, -0.25) is 9.78 Å². The van der Waals surface area contributed by atoms with Crippen molar-refractivity contribution in [2.75, 3.05) is 13.2 Å². The molecule has 24 heavy (non-hydrogen) atoms. The molecule has 132 valence electrons. The Labute approximate surface area is 142 Å². The molecule has 1 unspecified atom stereocenters. The standard InChI is InChI=1S/C18H26N2O4/c21-15-8-18(9-16(15)22,12-24-14-6-3-7-19-10-14)11-20-17(23)13-4-1-2-5-13/h3,6-7,10,13,15-16,21-22H,1-2,4-5,8-9,11-12H2,(H,20,23)/t15-,16+,18?. The van der Waals surface area contributed by atoms with E-state index in [4.69, 9.17) is 4.74 Å². The fourth-order valence-corrected chi connectivity index (χ4v) is 3.83. The van der Waals surface area contributed by atoms with Gasteiger partial charge in [-0.2, -0.15) is 0 Å². The van der Waals surface area contributed by atoms with Gasteiger partial charge in [0.2, 0.25) is 5.91 Å². The van der Waals surface area contributed by atoms with Crippen molar-refractivity contribution in [2.24, 2.45) is 11.3 Å².